The van der Waals surface area contributed by atoms with Crippen molar-refractivity contribution in [2.75, 3.05) is 0 Å². The summed E-state index contributed by atoms with van der Waals surface area (Å²) >= 11 is 0. The van der Waals surface area contributed by atoms with Crippen LogP contribution in [0.25, 0.3) is 21.5 Å². The molecule has 0 radical (unpaired) electrons. The maximum Gasteiger partial charge on any atom is 2.00 e. The number of hydrogen-bond donors (Lipinski definition) is 0. The van der Waals surface area contributed by atoms with Crippen LogP contribution in [0.15, 0.2) is 0 Å². The summed E-state index contributed by atoms with van der Waals surface area (Å²) in [5, 5.41) is -6.31. The second kappa shape index (κ2) is 9.96. The normalized spacial score (nSPS) is 10.9. The van der Waals surface area contributed by atoms with E-state index in [1.165, 1.54) is 0 Å². The van der Waals surface area contributed by atoms with Crippen molar-refractivity contribution in [2.45, 2.75) is 0 Å². The van der Waals surface area contributed by atoms with Crippen LogP contribution >= 0.6 is 0 Å². The first kappa shape index (κ1) is 28.3. The molecule has 0 unspecified atom stereocenters. The van der Waals surface area contributed by atoms with E-state index in [9.17, 15) is 61.5 Å². The molecule has 35 heavy (non-hydrogen) atoms. The van der Waals surface area contributed by atoms with Crippen molar-refractivity contribution in [2.24, 2.45) is 0 Å². The molecule has 15 heteroatoms. The maximum absolute atomic E-state index is 13.1. The van der Waals surface area contributed by atoms with Gasteiger partial charge in [-0.3, -0.25) is 8.78 Å². The smallest absolute Gasteiger partial charge is 0.281 e. The zero-order chi connectivity index (χ0) is 25.8. The first-order valence-electron chi connectivity index (χ1n) is 8.15. The summed E-state index contributed by atoms with van der Waals surface area (Å²) in [6.45, 7) is 0. The molecule has 4 aromatic rings. The van der Waals surface area contributed by atoms with Gasteiger partial charge in [0.05, 0.1) is 11.6 Å². The molecule has 0 saturated carbocycles. The summed E-state index contributed by atoms with van der Waals surface area (Å²) in [6.07, 6.45) is 0. The molecule has 0 heterocycles. The Morgan fingerprint density at radius 2 is 0.486 bits per heavy atom. The number of hydrogen-bond acceptors (Lipinski definition) is 0. The van der Waals surface area contributed by atoms with Gasteiger partial charge in [-0.1, -0.05) is 0 Å². The molecule has 0 fully saturated rings. The zero-order valence-electron chi connectivity index (χ0n) is 16.0. The molecule has 180 valence electrons. The van der Waals surface area contributed by atoms with Crippen LogP contribution in [0.5, 0.6) is 0 Å². The van der Waals surface area contributed by atoms with E-state index in [2.05, 4.69) is 0 Å². The van der Waals surface area contributed by atoms with Gasteiger partial charge in [-0.05, 0) is 21.5 Å². The van der Waals surface area contributed by atoms with Crippen molar-refractivity contribution in [3.05, 3.63) is 93.6 Å². The molecule has 0 spiro atoms. The van der Waals surface area contributed by atoms with E-state index in [4.69, 9.17) is 0 Å². The fraction of sp³-hybridized carbons (Fsp3) is 0. The number of halogens is 14. The Morgan fingerprint density at radius 3 is 0.743 bits per heavy atom. The van der Waals surface area contributed by atoms with E-state index in [0.29, 0.717) is 0 Å². The van der Waals surface area contributed by atoms with Crippen molar-refractivity contribution < 1.29 is 80.9 Å². The van der Waals surface area contributed by atoms with E-state index in [-0.39, 0.29) is 19.5 Å². The SMILES string of the molecule is Fc1[c-]c(F)c2c(F)c(F)c(F)c(F)c2c1F.Fc1[c-]c(F)c2c(F)c(F)c(F)c(F)c2c1F.[Zn+2]. The Labute approximate surface area is 196 Å². The minimum absolute atomic E-state index is 0. The first-order chi connectivity index (χ1) is 15.7. The zero-order valence-corrected chi connectivity index (χ0v) is 19.0. The number of benzene rings is 4. The summed E-state index contributed by atoms with van der Waals surface area (Å²) in [5.74, 6) is -29.7. The summed E-state index contributed by atoms with van der Waals surface area (Å²) in [5.41, 5.74) is 0. The van der Waals surface area contributed by atoms with Crippen LogP contribution in [0.4, 0.5) is 61.5 Å². The van der Waals surface area contributed by atoms with Gasteiger partial charge >= 0.3 is 19.5 Å². The van der Waals surface area contributed by atoms with Crippen LogP contribution in [0.3, 0.4) is 0 Å². The van der Waals surface area contributed by atoms with E-state index in [0.717, 1.165) is 12.1 Å². The van der Waals surface area contributed by atoms with Gasteiger partial charge in [0, 0.05) is 23.3 Å². The van der Waals surface area contributed by atoms with Crippen LogP contribution in [-0.4, -0.2) is 0 Å². The largest absolute Gasteiger partial charge is 2.00 e. The Balaban J connectivity index is 0.000000240. The molecule has 0 nitrogen and oxygen atoms in total. The van der Waals surface area contributed by atoms with Crippen LogP contribution in [-0.2, 0) is 19.5 Å². The van der Waals surface area contributed by atoms with Crippen LogP contribution in [0.1, 0.15) is 0 Å². The molecule has 0 aliphatic carbocycles. The molecule has 4 aromatic carbocycles. The average molecular weight is 572 g/mol. The Bertz CT molecular complexity index is 1390. The van der Waals surface area contributed by atoms with Crippen molar-refractivity contribution in [1.29, 1.82) is 0 Å². The van der Waals surface area contributed by atoms with E-state index in [1.807, 2.05) is 0 Å². The molecule has 4 rings (SSSR count). The summed E-state index contributed by atoms with van der Waals surface area (Å²) in [4.78, 5) is 0. The average Bonchev–Trinajstić information content (AvgIpc) is 2.78. The fourth-order valence-corrected chi connectivity index (χ4v) is 2.73. The van der Waals surface area contributed by atoms with Gasteiger partial charge in [0.25, 0.3) is 0 Å². The van der Waals surface area contributed by atoms with Crippen molar-refractivity contribution >= 4 is 21.5 Å². The van der Waals surface area contributed by atoms with Crippen molar-refractivity contribution in [3.63, 3.8) is 0 Å². The molecule has 0 amide bonds. The van der Waals surface area contributed by atoms with Crippen LogP contribution in [0, 0.1) is 93.6 Å². The molecule has 0 bridgehead atoms. The van der Waals surface area contributed by atoms with Crippen molar-refractivity contribution in [1.82, 2.24) is 0 Å². The number of fused-ring (bicyclic) bond motifs is 2. The molecule has 0 saturated heterocycles. The predicted octanol–water partition coefficient (Wildman–Crippen LogP) is 7.22. The minimum atomic E-state index is -2.35. The monoisotopic (exact) mass is 570 g/mol. The molecule has 0 aromatic heterocycles. The van der Waals surface area contributed by atoms with Gasteiger partial charge in [-0.15, -0.1) is 12.1 Å². The van der Waals surface area contributed by atoms with E-state index in [1.54, 1.807) is 0 Å². The van der Waals surface area contributed by atoms with Gasteiger partial charge in [0.2, 0.25) is 0 Å². The first-order valence-corrected chi connectivity index (χ1v) is 8.15. The second-order valence-corrected chi connectivity index (χ2v) is 6.15. The standard InChI is InChI=1S/2C10F7.Zn/c2*11-2-1-3(12)6(13)5-4(2)7(14)9(16)10(17)8(5)15;/q2*-1;+2. The predicted molar refractivity (Wildman–Crippen MR) is 85.0 cm³/mol. The van der Waals surface area contributed by atoms with Gasteiger partial charge < -0.3 is 0 Å². The topological polar surface area (TPSA) is 0 Å². The van der Waals surface area contributed by atoms with Crippen molar-refractivity contribution in [3.8, 4) is 0 Å². The molecule has 0 aliphatic heterocycles. The third-order valence-electron chi connectivity index (χ3n) is 4.24. The molecule has 0 aliphatic rings. The third kappa shape index (κ3) is 4.41. The molecular weight excluding hydrogens is 572 g/mol. The van der Waals surface area contributed by atoms with Gasteiger partial charge in [-0.2, -0.15) is 0 Å². The number of rotatable bonds is 0. The van der Waals surface area contributed by atoms with Crippen LogP contribution < -0.4 is 0 Å². The second-order valence-electron chi connectivity index (χ2n) is 6.15. The quantitative estimate of drug-likeness (QED) is 0.0687. The Hall–Kier alpha value is -2.96. The molecule has 0 atom stereocenters. The van der Waals surface area contributed by atoms with Gasteiger partial charge in [-0.25, -0.2) is 52.7 Å². The maximum atomic E-state index is 13.1. The van der Waals surface area contributed by atoms with Crippen LogP contribution in [0.2, 0.25) is 0 Å². The van der Waals surface area contributed by atoms with Gasteiger partial charge in [0.1, 0.15) is 23.3 Å². The van der Waals surface area contributed by atoms with E-state index < -0.39 is 103 Å². The summed E-state index contributed by atoms with van der Waals surface area (Å²) in [6, 6.07) is 2.18. The Morgan fingerprint density at radius 1 is 0.257 bits per heavy atom. The summed E-state index contributed by atoms with van der Waals surface area (Å²) in [7, 11) is 0. The fourth-order valence-electron chi connectivity index (χ4n) is 2.73. The Kier molecular flexibility index (Phi) is 8.05. The summed E-state index contributed by atoms with van der Waals surface area (Å²) < 4.78 is 181. The third-order valence-corrected chi connectivity index (χ3v) is 4.24. The van der Waals surface area contributed by atoms with Gasteiger partial charge in [0.15, 0.2) is 23.3 Å². The molecule has 0 N–H and O–H groups in total. The van der Waals surface area contributed by atoms with E-state index >= 15 is 0 Å². The molecular formula is C20F14Zn. The minimum Gasteiger partial charge on any atom is -0.281 e.